The summed E-state index contributed by atoms with van der Waals surface area (Å²) in [7, 11) is 0. The van der Waals surface area contributed by atoms with Gasteiger partial charge in [0.1, 0.15) is 12.0 Å². The van der Waals surface area contributed by atoms with Gasteiger partial charge in [0.2, 0.25) is 5.43 Å². The zero-order chi connectivity index (χ0) is 24.6. The lowest BCUT2D eigenvalue weighted by molar-refractivity contribution is -0.0225. The van der Waals surface area contributed by atoms with Crippen LogP contribution >= 0.6 is 11.3 Å². The van der Waals surface area contributed by atoms with Crippen LogP contribution in [0.2, 0.25) is 0 Å². The minimum Gasteiger partial charge on any atom is -0.502 e. The van der Waals surface area contributed by atoms with Gasteiger partial charge in [-0.3, -0.25) is 19.3 Å². The molecule has 36 heavy (non-hydrogen) atoms. The van der Waals surface area contributed by atoms with Crippen molar-refractivity contribution in [2.75, 3.05) is 24.8 Å². The zero-order valence-electron chi connectivity index (χ0n) is 19.1. The molecule has 0 bridgehead atoms. The Kier molecular flexibility index (Phi) is 4.74. The average Bonchev–Trinajstić information content (AvgIpc) is 3.35. The molecule has 2 aliphatic heterocycles. The van der Waals surface area contributed by atoms with E-state index in [0.717, 1.165) is 20.9 Å². The summed E-state index contributed by atoms with van der Waals surface area (Å²) in [5.74, 6) is -1.62. The van der Waals surface area contributed by atoms with Gasteiger partial charge in [-0.05, 0) is 40.0 Å². The molecule has 0 aromatic carbocycles. The van der Waals surface area contributed by atoms with Crippen molar-refractivity contribution in [3.8, 4) is 5.75 Å². The molecule has 182 valence electrons. The monoisotopic (exact) mass is 503 g/mol. The highest BCUT2D eigenvalue weighted by Gasteiger charge is 2.49. The second kappa shape index (κ2) is 7.91. The smallest absolute Gasteiger partial charge is 0.278 e. The quantitative estimate of drug-likeness (QED) is 0.639. The third-order valence-electron chi connectivity index (χ3n) is 7.63. The Morgan fingerprint density at radius 3 is 2.83 bits per heavy atom. The van der Waals surface area contributed by atoms with Gasteiger partial charge in [0, 0.05) is 35.2 Å². The SMILES string of the molecule is O=C1c2c(O)c(=O)ccn2N([C@H]2C3C=CC(F)=CC3=c3ccsc3=C3C=CC=CC32)[C@@H]2COCCN12. The molecule has 0 radical (unpaired) electrons. The van der Waals surface area contributed by atoms with Crippen molar-refractivity contribution in [3.05, 3.63) is 97.7 Å². The number of fused-ring (bicyclic) bond motifs is 5. The van der Waals surface area contributed by atoms with E-state index >= 15 is 0 Å². The maximum atomic E-state index is 14.6. The number of nitrogens with zero attached hydrogens (tertiary/aromatic N) is 3. The molecule has 2 aromatic heterocycles. The van der Waals surface area contributed by atoms with Gasteiger partial charge in [-0.25, -0.2) is 4.39 Å². The van der Waals surface area contributed by atoms with Gasteiger partial charge in [-0.1, -0.05) is 30.4 Å². The third kappa shape index (κ3) is 2.93. The van der Waals surface area contributed by atoms with E-state index in [-0.39, 0.29) is 36.0 Å². The van der Waals surface area contributed by atoms with E-state index in [9.17, 15) is 19.1 Å². The number of hydrogen-bond acceptors (Lipinski definition) is 6. The van der Waals surface area contributed by atoms with E-state index in [2.05, 4.69) is 12.2 Å². The number of hydrogen-bond donors (Lipinski definition) is 1. The van der Waals surface area contributed by atoms with Crippen molar-refractivity contribution in [1.29, 1.82) is 0 Å². The number of carbonyl (C=O) groups excluding carboxylic acids is 1. The third-order valence-corrected chi connectivity index (χ3v) is 8.60. The van der Waals surface area contributed by atoms with Gasteiger partial charge >= 0.3 is 0 Å². The molecular weight excluding hydrogens is 481 g/mol. The van der Waals surface area contributed by atoms with E-state index in [0.29, 0.717) is 13.2 Å². The number of aromatic nitrogens is 1. The summed E-state index contributed by atoms with van der Waals surface area (Å²) in [6.07, 6.45) is 14.3. The highest BCUT2D eigenvalue weighted by Crippen LogP contribution is 2.41. The first-order valence-electron chi connectivity index (χ1n) is 11.9. The molecule has 1 amide bonds. The van der Waals surface area contributed by atoms with E-state index in [4.69, 9.17) is 4.74 Å². The second-order valence-electron chi connectivity index (χ2n) is 9.40. The highest BCUT2D eigenvalue weighted by molar-refractivity contribution is 7.07. The topological polar surface area (TPSA) is 75.0 Å². The number of aromatic hydroxyl groups is 1. The van der Waals surface area contributed by atoms with Gasteiger partial charge < -0.3 is 14.7 Å². The molecule has 7 rings (SSSR count). The zero-order valence-corrected chi connectivity index (χ0v) is 19.9. The summed E-state index contributed by atoms with van der Waals surface area (Å²) >= 11 is 1.63. The Morgan fingerprint density at radius 2 is 1.94 bits per heavy atom. The largest absolute Gasteiger partial charge is 0.502 e. The number of pyridine rings is 1. The van der Waals surface area contributed by atoms with E-state index in [1.54, 1.807) is 33.2 Å². The summed E-state index contributed by atoms with van der Waals surface area (Å²) in [6.45, 7) is 0.979. The number of allylic oxidation sites excluding steroid dienone is 6. The van der Waals surface area contributed by atoms with E-state index in [1.165, 1.54) is 12.1 Å². The van der Waals surface area contributed by atoms with Crippen LogP contribution < -0.4 is 20.2 Å². The van der Waals surface area contributed by atoms with Crippen molar-refractivity contribution in [3.63, 3.8) is 0 Å². The lowest BCUT2D eigenvalue weighted by Gasteiger charge is -2.54. The van der Waals surface area contributed by atoms with E-state index in [1.807, 2.05) is 34.7 Å². The van der Waals surface area contributed by atoms with Crippen molar-refractivity contribution in [2.24, 2.45) is 11.8 Å². The average molecular weight is 504 g/mol. The molecule has 7 nitrogen and oxygen atoms in total. The van der Waals surface area contributed by atoms with Crippen molar-refractivity contribution in [1.82, 2.24) is 9.58 Å². The Morgan fingerprint density at radius 1 is 1.08 bits per heavy atom. The second-order valence-corrected chi connectivity index (χ2v) is 10.3. The number of amides is 1. The fourth-order valence-electron chi connectivity index (χ4n) is 6.12. The molecule has 4 atom stereocenters. The van der Waals surface area contributed by atoms with Crippen LogP contribution in [0, 0.1) is 11.8 Å². The molecule has 4 heterocycles. The van der Waals surface area contributed by atoms with Crippen LogP contribution in [-0.4, -0.2) is 52.6 Å². The van der Waals surface area contributed by atoms with Crippen molar-refractivity contribution >= 4 is 28.4 Å². The van der Waals surface area contributed by atoms with Gasteiger partial charge in [-0.15, -0.1) is 11.3 Å². The number of rotatable bonds is 1. The van der Waals surface area contributed by atoms with Crippen LogP contribution in [0.25, 0.3) is 11.1 Å². The summed E-state index contributed by atoms with van der Waals surface area (Å²) in [6, 6.07) is 3.00. The summed E-state index contributed by atoms with van der Waals surface area (Å²) in [5, 5.41) is 15.8. The Bertz CT molecular complexity index is 1610. The van der Waals surface area contributed by atoms with Crippen molar-refractivity contribution in [2.45, 2.75) is 12.2 Å². The van der Waals surface area contributed by atoms with Crippen LogP contribution in [0.15, 0.2) is 76.9 Å². The Balaban J connectivity index is 1.54. The van der Waals surface area contributed by atoms with Gasteiger partial charge in [0.15, 0.2) is 11.4 Å². The van der Waals surface area contributed by atoms with E-state index < -0.39 is 23.3 Å². The number of halogens is 1. The highest BCUT2D eigenvalue weighted by atomic mass is 32.1. The molecule has 2 aromatic rings. The number of morpholine rings is 1. The maximum absolute atomic E-state index is 14.6. The first-order chi connectivity index (χ1) is 17.5. The molecule has 1 fully saturated rings. The first-order valence-corrected chi connectivity index (χ1v) is 12.8. The molecule has 2 unspecified atom stereocenters. The number of thiophene rings is 1. The number of carbonyl (C=O) groups is 1. The molecular formula is C27H22FN3O4S. The summed E-state index contributed by atoms with van der Waals surface area (Å²) < 4.78 is 23.2. The molecule has 1 N–H and O–H groups in total. The fraction of sp³-hybridized carbons (Fsp3) is 0.259. The lowest BCUT2D eigenvalue weighted by Crippen LogP contribution is -2.70. The molecule has 3 aliphatic carbocycles. The van der Waals surface area contributed by atoms with Crippen LogP contribution in [0.5, 0.6) is 5.75 Å². The Labute approximate surface area is 209 Å². The summed E-state index contributed by atoms with van der Waals surface area (Å²) in [4.78, 5) is 27.5. The molecule has 9 heteroatoms. The van der Waals surface area contributed by atoms with Crippen LogP contribution in [0.1, 0.15) is 10.5 Å². The standard InChI is InChI=1S/C27H22FN3O4S/c28-15-5-6-17-20(13-15)19-8-12-36-26(19)18-4-2-1-3-16(18)23(17)31-22-14-35-11-10-29(22)27(34)24-25(33)21(32)7-9-30(24)31/h1-9,12-13,16-17,22-23,33H,10-11,14H2/t16?,17?,22-,23-/m1/s1. The van der Waals surface area contributed by atoms with Crippen LogP contribution in [0.4, 0.5) is 4.39 Å². The summed E-state index contributed by atoms with van der Waals surface area (Å²) in [5.41, 5.74) is 1.32. The molecule has 0 spiro atoms. The predicted octanol–water partition coefficient (Wildman–Crippen LogP) is 1.53. The first kappa shape index (κ1) is 21.6. The Hall–Kier alpha value is -3.69. The van der Waals surface area contributed by atoms with Crippen LogP contribution in [0.3, 0.4) is 0 Å². The molecule has 0 saturated carbocycles. The predicted molar refractivity (Wildman–Crippen MR) is 134 cm³/mol. The van der Waals surface area contributed by atoms with Crippen LogP contribution in [-0.2, 0) is 4.74 Å². The minimum atomic E-state index is -0.605. The van der Waals surface area contributed by atoms with Crippen molar-refractivity contribution < 1.29 is 19.0 Å². The fourth-order valence-corrected chi connectivity index (χ4v) is 7.11. The van der Waals surface area contributed by atoms with Gasteiger partial charge in [-0.2, -0.15) is 0 Å². The minimum absolute atomic E-state index is 0.0559. The molecule has 5 aliphatic rings. The molecule has 1 saturated heterocycles. The number of ether oxygens (including phenoxy) is 1. The van der Waals surface area contributed by atoms with Gasteiger partial charge in [0.05, 0.1) is 19.3 Å². The normalized spacial score (nSPS) is 28.1. The maximum Gasteiger partial charge on any atom is 0.278 e. The lowest BCUT2D eigenvalue weighted by atomic mass is 9.77. The van der Waals surface area contributed by atoms with Gasteiger partial charge in [0.25, 0.3) is 5.91 Å².